The molecule has 2 amide bonds. The van der Waals surface area contributed by atoms with Crippen molar-refractivity contribution >= 4 is 17.5 Å². The Labute approximate surface area is 174 Å². The molecule has 2 fully saturated rings. The van der Waals surface area contributed by atoms with E-state index >= 15 is 0 Å². The number of halogens is 2. The number of hydrogen-bond donors (Lipinski definition) is 1. The molecule has 1 atom stereocenters. The first-order valence-corrected chi connectivity index (χ1v) is 10.4. The number of anilines is 1. The van der Waals surface area contributed by atoms with Crippen LogP contribution in [0.25, 0.3) is 0 Å². The zero-order valence-corrected chi connectivity index (χ0v) is 16.7. The summed E-state index contributed by atoms with van der Waals surface area (Å²) in [5.41, 5.74) is 0.923. The molecule has 2 saturated heterocycles. The maximum absolute atomic E-state index is 13.9. The van der Waals surface area contributed by atoms with Crippen LogP contribution in [-0.2, 0) is 4.79 Å². The van der Waals surface area contributed by atoms with Gasteiger partial charge in [0.2, 0.25) is 5.91 Å². The summed E-state index contributed by atoms with van der Waals surface area (Å²) in [4.78, 5) is 28.9. The van der Waals surface area contributed by atoms with Crippen LogP contribution in [0.5, 0.6) is 0 Å². The van der Waals surface area contributed by atoms with Crippen molar-refractivity contribution in [3.05, 3.63) is 65.7 Å². The second kappa shape index (κ2) is 8.81. The highest BCUT2D eigenvalue weighted by molar-refractivity contribution is 5.94. The van der Waals surface area contributed by atoms with E-state index in [1.54, 1.807) is 4.90 Å². The number of amides is 2. The first-order valence-electron chi connectivity index (χ1n) is 10.4. The van der Waals surface area contributed by atoms with Gasteiger partial charge >= 0.3 is 0 Å². The largest absolute Gasteiger partial charge is 0.380 e. The number of rotatable bonds is 4. The first kappa shape index (κ1) is 20.3. The fourth-order valence-corrected chi connectivity index (χ4v) is 4.27. The molecule has 0 spiro atoms. The number of hydrogen-bond acceptors (Lipinski definition) is 3. The van der Waals surface area contributed by atoms with Crippen LogP contribution in [0.1, 0.15) is 29.6 Å². The Hall–Kier alpha value is -2.96. The van der Waals surface area contributed by atoms with Gasteiger partial charge in [-0.15, -0.1) is 0 Å². The van der Waals surface area contributed by atoms with Gasteiger partial charge in [-0.3, -0.25) is 9.59 Å². The molecule has 0 radical (unpaired) electrons. The van der Waals surface area contributed by atoms with Crippen molar-refractivity contribution in [1.82, 2.24) is 9.80 Å². The molecule has 2 aromatic rings. The first-order chi connectivity index (χ1) is 14.5. The topological polar surface area (TPSA) is 52.7 Å². The Kier molecular flexibility index (Phi) is 5.97. The normalized spacial score (nSPS) is 19.7. The molecule has 5 nitrogen and oxygen atoms in total. The van der Waals surface area contributed by atoms with Crippen molar-refractivity contribution in [2.45, 2.75) is 25.3 Å². The highest BCUT2D eigenvalue weighted by Gasteiger charge is 2.34. The minimum atomic E-state index is -0.854. The van der Waals surface area contributed by atoms with Crippen molar-refractivity contribution in [2.24, 2.45) is 5.92 Å². The molecule has 30 heavy (non-hydrogen) atoms. The minimum Gasteiger partial charge on any atom is -0.380 e. The lowest BCUT2D eigenvalue weighted by Crippen LogP contribution is -2.44. The molecule has 7 heteroatoms. The third-order valence-corrected chi connectivity index (χ3v) is 5.94. The number of nitrogens with zero attached hydrogens (tertiary/aromatic N) is 2. The van der Waals surface area contributed by atoms with E-state index in [9.17, 15) is 18.4 Å². The molecular weight excluding hydrogens is 388 g/mol. The van der Waals surface area contributed by atoms with Crippen molar-refractivity contribution in [1.29, 1.82) is 0 Å². The Balaban J connectivity index is 1.29. The van der Waals surface area contributed by atoms with Crippen LogP contribution in [0.15, 0.2) is 48.5 Å². The summed E-state index contributed by atoms with van der Waals surface area (Å²) in [6, 6.07) is 13.2. The van der Waals surface area contributed by atoms with Crippen LogP contribution in [-0.4, -0.2) is 53.8 Å². The summed E-state index contributed by atoms with van der Waals surface area (Å²) in [5, 5.41) is 3.47. The second-order valence-corrected chi connectivity index (χ2v) is 7.97. The zero-order valence-electron chi connectivity index (χ0n) is 16.7. The van der Waals surface area contributed by atoms with Gasteiger partial charge in [0, 0.05) is 49.9 Å². The van der Waals surface area contributed by atoms with Crippen molar-refractivity contribution in [2.75, 3.05) is 31.5 Å². The standard InChI is InChI=1S/C23H25F2N3O2/c24-17-6-7-20(21(25)14-17)23(30)27-11-8-16(9-12-27)22(29)28-13-10-19(15-28)26-18-4-2-1-3-5-18/h1-7,14,16,19,26H,8-13,15H2. The van der Waals surface area contributed by atoms with Crippen LogP contribution >= 0.6 is 0 Å². The molecule has 2 heterocycles. The third kappa shape index (κ3) is 4.45. The summed E-state index contributed by atoms with van der Waals surface area (Å²) in [7, 11) is 0. The van der Waals surface area contributed by atoms with E-state index in [0.717, 1.165) is 30.8 Å². The van der Waals surface area contributed by atoms with Gasteiger partial charge in [0.25, 0.3) is 5.91 Å². The molecule has 4 rings (SSSR count). The van der Waals surface area contributed by atoms with E-state index in [0.29, 0.717) is 32.5 Å². The van der Waals surface area contributed by atoms with Crippen LogP contribution in [0, 0.1) is 17.6 Å². The van der Waals surface area contributed by atoms with E-state index in [-0.39, 0.29) is 23.4 Å². The maximum atomic E-state index is 13.9. The van der Waals surface area contributed by atoms with Crippen LogP contribution < -0.4 is 5.32 Å². The molecule has 0 bridgehead atoms. The third-order valence-electron chi connectivity index (χ3n) is 5.94. The van der Waals surface area contributed by atoms with Gasteiger partial charge < -0.3 is 15.1 Å². The lowest BCUT2D eigenvalue weighted by molar-refractivity contribution is -0.135. The molecule has 2 aliphatic rings. The number of carbonyl (C=O) groups is 2. The molecule has 0 aromatic heterocycles. The predicted octanol–water partition coefficient (Wildman–Crippen LogP) is 3.53. The lowest BCUT2D eigenvalue weighted by atomic mass is 9.95. The molecule has 0 aliphatic carbocycles. The highest BCUT2D eigenvalue weighted by atomic mass is 19.1. The Morgan fingerprint density at radius 3 is 2.30 bits per heavy atom. The van der Waals surface area contributed by atoms with E-state index in [1.165, 1.54) is 6.07 Å². The number of para-hydroxylation sites is 1. The number of likely N-dealkylation sites (tertiary alicyclic amines) is 2. The predicted molar refractivity (Wildman–Crippen MR) is 110 cm³/mol. The minimum absolute atomic E-state index is 0.123. The van der Waals surface area contributed by atoms with Gasteiger partial charge in [0.05, 0.1) is 5.56 Å². The summed E-state index contributed by atoms with van der Waals surface area (Å²) >= 11 is 0. The van der Waals surface area contributed by atoms with Gasteiger partial charge in [0.1, 0.15) is 11.6 Å². The zero-order chi connectivity index (χ0) is 21.1. The summed E-state index contributed by atoms with van der Waals surface area (Å²) < 4.78 is 27.0. The van der Waals surface area contributed by atoms with Crippen LogP contribution in [0.4, 0.5) is 14.5 Å². The van der Waals surface area contributed by atoms with E-state index in [1.807, 2.05) is 35.2 Å². The summed E-state index contributed by atoms with van der Waals surface area (Å²) in [6.45, 7) is 2.19. The molecule has 2 aliphatic heterocycles. The monoisotopic (exact) mass is 413 g/mol. The van der Waals surface area contributed by atoms with Gasteiger partial charge in [-0.1, -0.05) is 18.2 Å². The number of nitrogens with one attached hydrogen (secondary N) is 1. The average Bonchev–Trinajstić information content (AvgIpc) is 3.22. The molecule has 158 valence electrons. The highest BCUT2D eigenvalue weighted by Crippen LogP contribution is 2.25. The van der Waals surface area contributed by atoms with Gasteiger partial charge in [0.15, 0.2) is 0 Å². The van der Waals surface area contributed by atoms with Gasteiger partial charge in [-0.2, -0.15) is 0 Å². The number of benzene rings is 2. The van der Waals surface area contributed by atoms with Gasteiger partial charge in [-0.05, 0) is 43.5 Å². The number of carbonyl (C=O) groups excluding carboxylic acids is 2. The molecular formula is C23H25F2N3O2. The average molecular weight is 413 g/mol. The summed E-state index contributed by atoms with van der Waals surface area (Å²) in [6.07, 6.45) is 2.02. The fourth-order valence-electron chi connectivity index (χ4n) is 4.27. The lowest BCUT2D eigenvalue weighted by Gasteiger charge is -2.33. The van der Waals surface area contributed by atoms with Crippen molar-refractivity contribution in [3.8, 4) is 0 Å². The maximum Gasteiger partial charge on any atom is 0.256 e. The fraction of sp³-hybridized carbons (Fsp3) is 0.391. The SMILES string of the molecule is O=C(c1ccc(F)cc1F)N1CCC(C(=O)N2CCC(Nc3ccccc3)C2)CC1. The molecule has 1 N–H and O–H groups in total. The van der Waals surface area contributed by atoms with Gasteiger partial charge in [-0.25, -0.2) is 8.78 Å². The van der Waals surface area contributed by atoms with Crippen LogP contribution in [0.2, 0.25) is 0 Å². The van der Waals surface area contributed by atoms with E-state index in [4.69, 9.17) is 0 Å². The van der Waals surface area contributed by atoms with Crippen molar-refractivity contribution in [3.63, 3.8) is 0 Å². The summed E-state index contributed by atoms with van der Waals surface area (Å²) in [5.74, 6) is -2.01. The number of piperidine rings is 1. The second-order valence-electron chi connectivity index (χ2n) is 7.97. The quantitative estimate of drug-likeness (QED) is 0.834. The Morgan fingerprint density at radius 1 is 0.900 bits per heavy atom. The molecule has 2 aromatic carbocycles. The van der Waals surface area contributed by atoms with Crippen molar-refractivity contribution < 1.29 is 18.4 Å². The smallest absolute Gasteiger partial charge is 0.256 e. The van der Waals surface area contributed by atoms with Crippen LogP contribution in [0.3, 0.4) is 0 Å². The Morgan fingerprint density at radius 2 is 1.60 bits per heavy atom. The van der Waals surface area contributed by atoms with E-state index < -0.39 is 17.5 Å². The molecule has 1 unspecified atom stereocenters. The van der Waals surface area contributed by atoms with E-state index in [2.05, 4.69) is 5.32 Å². The molecule has 0 saturated carbocycles. The Bertz CT molecular complexity index is 914.